The van der Waals surface area contributed by atoms with Gasteiger partial charge in [0.2, 0.25) is 0 Å². The van der Waals surface area contributed by atoms with Gasteiger partial charge in [0.25, 0.3) is 5.69 Å². The fourth-order valence-corrected chi connectivity index (χ4v) is 2.49. The third-order valence-corrected chi connectivity index (χ3v) is 3.62. The van der Waals surface area contributed by atoms with Crippen molar-refractivity contribution in [3.05, 3.63) is 88.0 Å². The molecule has 0 radical (unpaired) electrons. The summed E-state index contributed by atoms with van der Waals surface area (Å²) in [6.07, 6.45) is 1.74. The van der Waals surface area contributed by atoms with Crippen molar-refractivity contribution in [1.82, 2.24) is 0 Å². The van der Waals surface area contributed by atoms with Crippen molar-refractivity contribution in [2.75, 3.05) is 0 Å². The Morgan fingerprint density at radius 2 is 1.70 bits per heavy atom. The zero-order valence-corrected chi connectivity index (χ0v) is 12.1. The Kier molecular flexibility index (Phi) is 3.86. The van der Waals surface area contributed by atoms with Crippen molar-refractivity contribution in [2.24, 2.45) is 0 Å². The highest BCUT2D eigenvalue weighted by molar-refractivity contribution is 6.01. The van der Waals surface area contributed by atoms with E-state index in [1.165, 1.54) is 12.1 Å². The van der Waals surface area contributed by atoms with Crippen LogP contribution in [0.25, 0.3) is 22.4 Å². The van der Waals surface area contributed by atoms with Crippen LogP contribution >= 0.6 is 0 Å². The van der Waals surface area contributed by atoms with Crippen LogP contribution in [-0.4, -0.2) is 4.92 Å². The minimum atomic E-state index is -0.441. The van der Waals surface area contributed by atoms with Crippen molar-refractivity contribution in [1.29, 1.82) is 5.26 Å². The van der Waals surface area contributed by atoms with Crippen molar-refractivity contribution in [3.63, 3.8) is 0 Å². The summed E-state index contributed by atoms with van der Waals surface area (Å²) in [5.74, 6) is 0. The quantitative estimate of drug-likeness (QED) is 0.301. The van der Waals surface area contributed by atoms with Crippen LogP contribution in [0.1, 0.15) is 11.1 Å². The topological polar surface area (TPSA) is 66.9 Å². The van der Waals surface area contributed by atoms with E-state index in [2.05, 4.69) is 6.07 Å². The number of benzene rings is 3. The minimum Gasteiger partial charge on any atom is -0.258 e. The summed E-state index contributed by atoms with van der Waals surface area (Å²) in [6, 6.07) is 22.1. The van der Waals surface area contributed by atoms with Crippen LogP contribution in [0.5, 0.6) is 0 Å². The number of hydrogen-bond donors (Lipinski definition) is 0. The smallest absolute Gasteiger partial charge is 0.258 e. The highest BCUT2D eigenvalue weighted by atomic mass is 16.6. The van der Waals surface area contributed by atoms with E-state index in [1.54, 1.807) is 18.2 Å². The zero-order valence-electron chi connectivity index (χ0n) is 12.1. The lowest BCUT2D eigenvalue weighted by Crippen LogP contribution is -1.88. The number of hydrogen-bond acceptors (Lipinski definition) is 3. The van der Waals surface area contributed by atoms with Gasteiger partial charge in [-0.05, 0) is 34.5 Å². The van der Waals surface area contributed by atoms with Crippen LogP contribution < -0.4 is 0 Å². The van der Waals surface area contributed by atoms with E-state index < -0.39 is 4.92 Å². The summed E-state index contributed by atoms with van der Waals surface area (Å²) >= 11 is 0. The summed E-state index contributed by atoms with van der Waals surface area (Å²) in [4.78, 5) is 10.3. The summed E-state index contributed by atoms with van der Waals surface area (Å²) in [5, 5.41) is 22.3. The average molecular weight is 300 g/mol. The summed E-state index contributed by atoms with van der Waals surface area (Å²) in [6.45, 7) is 0. The zero-order chi connectivity index (χ0) is 16.2. The van der Waals surface area contributed by atoms with E-state index >= 15 is 0 Å². The molecule has 0 saturated carbocycles. The predicted octanol–water partition coefficient (Wildman–Crippen LogP) is 4.81. The van der Waals surface area contributed by atoms with E-state index in [9.17, 15) is 15.4 Å². The number of non-ortho nitro benzene ring substituents is 1. The first-order valence-corrected chi connectivity index (χ1v) is 7.03. The van der Waals surface area contributed by atoms with Gasteiger partial charge in [-0.2, -0.15) is 5.26 Å². The second kappa shape index (κ2) is 6.12. The normalized spacial score (nSPS) is 11.2. The Morgan fingerprint density at radius 3 is 2.39 bits per heavy atom. The maximum Gasteiger partial charge on any atom is 0.269 e. The van der Waals surface area contributed by atoms with Crippen LogP contribution in [0.3, 0.4) is 0 Å². The molecule has 0 bridgehead atoms. The Labute approximate surface area is 133 Å². The lowest BCUT2D eigenvalue weighted by molar-refractivity contribution is -0.384. The number of nitrogens with zero attached hydrogens (tertiary/aromatic N) is 2. The highest BCUT2D eigenvalue weighted by Gasteiger charge is 2.07. The first-order chi connectivity index (χ1) is 11.2. The molecular weight excluding hydrogens is 288 g/mol. The largest absolute Gasteiger partial charge is 0.269 e. The number of rotatable bonds is 3. The molecule has 0 amide bonds. The molecule has 0 N–H and O–H groups in total. The molecule has 4 heteroatoms. The Balaban J connectivity index is 2.08. The molecule has 0 heterocycles. The lowest BCUT2D eigenvalue weighted by Gasteiger charge is -2.05. The third kappa shape index (κ3) is 2.94. The van der Waals surface area contributed by atoms with Gasteiger partial charge in [0.15, 0.2) is 0 Å². The number of fused-ring (bicyclic) bond motifs is 1. The highest BCUT2D eigenvalue weighted by Crippen LogP contribution is 2.26. The van der Waals surface area contributed by atoms with E-state index in [-0.39, 0.29) is 5.69 Å². The maximum absolute atomic E-state index is 10.7. The molecule has 4 nitrogen and oxygen atoms in total. The fourth-order valence-electron chi connectivity index (χ4n) is 2.49. The standard InChI is InChI=1S/C19H12N2O2/c20-13-16(12-14-8-10-17(11-9-14)21(22)23)19-7-3-5-15-4-1-2-6-18(15)19/h1-12H/b16-12-. The van der Waals surface area contributed by atoms with Crippen LogP contribution in [0.4, 0.5) is 5.69 Å². The number of nitriles is 1. The third-order valence-electron chi connectivity index (χ3n) is 3.62. The molecule has 0 fully saturated rings. The first-order valence-electron chi connectivity index (χ1n) is 7.03. The molecule has 0 unspecified atom stereocenters. The van der Waals surface area contributed by atoms with Gasteiger partial charge < -0.3 is 0 Å². The van der Waals surface area contributed by atoms with Gasteiger partial charge in [-0.25, -0.2) is 0 Å². The van der Waals surface area contributed by atoms with Gasteiger partial charge in [-0.1, -0.05) is 42.5 Å². The Bertz CT molecular complexity index is 946. The van der Waals surface area contributed by atoms with Crippen LogP contribution in [0.15, 0.2) is 66.7 Å². The molecule has 3 aromatic rings. The maximum atomic E-state index is 10.7. The molecule has 0 spiro atoms. The number of nitro groups is 1. The number of nitro benzene ring substituents is 1. The van der Waals surface area contributed by atoms with Gasteiger partial charge in [0, 0.05) is 17.7 Å². The van der Waals surface area contributed by atoms with E-state index in [0.29, 0.717) is 5.57 Å². The molecule has 110 valence electrons. The average Bonchev–Trinajstić information content (AvgIpc) is 2.59. The molecule has 0 aromatic heterocycles. The van der Waals surface area contributed by atoms with E-state index in [0.717, 1.165) is 21.9 Å². The van der Waals surface area contributed by atoms with Gasteiger partial charge in [0.1, 0.15) is 0 Å². The van der Waals surface area contributed by atoms with E-state index in [1.807, 2.05) is 42.5 Å². The molecule has 3 rings (SSSR count). The molecule has 23 heavy (non-hydrogen) atoms. The number of allylic oxidation sites excluding steroid dienone is 1. The van der Waals surface area contributed by atoms with Crippen molar-refractivity contribution >= 4 is 28.1 Å². The van der Waals surface area contributed by atoms with Crippen molar-refractivity contribution in [3.8, 4) is 6.07 Å². The van der Waals surface area contributed by atoms with Crippen molar-refractivity contribution in [2.45, 2.75) is 0 Å². The van der Waals surface area contributed by atoms with Crippen molar-refractivity contribution < 1.29 is 4.92 Å². The van der Waals surface area contributed by atoms with E-state index in [4.69, 9.17) is 0 Å². The Morgan fingerprint density at radius 1 is 1.00 bits per heavy atom. The molecule has 0 aliphatic rings. The van der Waals surface area contributed by atoms with Gasteiger partial charge in [-0.15, -0.1) is 0 Å². The summed E-state index contributed by atoms with van der Waals surface area (Å²) in [5.41, 5.74) is 2.16. The predicted molar refractivity (Wildman–Crippen MR) is 90.5 cm³/mol. The van der Waals surface area contributed by atoms with Crippen LogP contribution in [0.2, 0.25) is 0 Å². The van der Waals surface area contributed by atoms with Gasteiger partial charge in [0.05, 0.1) is 16.6 Å². The van der Waals surface area contributed by atoms with Gasteiger partial charge >= 0.3 is 0 Å². The second-order valence-corrected chi connectivity index (χ2v) is 5.05. The monoisotopic (exact) mass is 300 g/mol. The summed E-state index contributed by atoms with van der Waals surface area (Å²) < 4.78 is 0. The minimum absolute atomic E-state index is 0.0332. The lowest BCUT2D eigenvalue weighted by atomic mass is 9.97. The van der Waals surface area contributed by atoms with Gasteiger partial charge in [-0.3, -0.25) is 10.1 Å². The Hall–Kier alpha value is -3.45. The molecular formula is C19H12N2O2. The first kappa shape index (κ1) is 14.5. The molecule has 0 aliphatic carbocycles. The SMILES string of the molecule is N#C/C(=C/c1ccc([N+](=O)[O-])cc1)c1cccc2ccccc12. The second-order valence-electron chi connectivity index (χ2n) is 5.05. The summed E-state index contributed by atoms with van der Waals surface area (Å²) in [7, 11) is 0. The van der Waals surface area contributed by atoms with Crippen LogP contribution in [-0.2, 0) is 0 Å². The molecule has 0 aliphatic heterocycles. The molecule has 0 atom stereocenters. The van der Waals surface area contributed by atoms with Crippen LogP contribution in [0, 0.1) is 21.4 Å². The fraction of sp³-hybridized carbons (Fsp3) is 0. The molecule has 0 saturated heterocycles. The molecule has 3 aromatic carbocycles.